The van der Waals surface area contributed by atoms with Crippen LogP contribution in [0.3, 0.4) is 0 Å². The van der Waals surface area contributed by atoms with Crippen LogP contribution in [0.25, 0.3) is 0 Å². The highest BCUT2D eigenvalue weighted by Gasteiger charge is 2.91. The van der Waals surface area contributed by atoms with Gasteiger partial charge in [-0.2, -0.15) is 0 Å². The second-order valence-electron chi connectivity index (χ2n) is 13.1. The van der Waals surface area contributed by atoms with Crippen molar-refractivity contribution in [1.82, 2.24) is 0 Å². The van der Waals surface area contributed by atoms with E-state index in [1.54, 1.807) is 32.9 Å². The molecular formula is C29H32O9. The average Bonchev–Trinajstić information content (AvgIpc) is 3.19. The van der Waals surface area contributed by atoms with Crippen LogP contribution in [-0.2, 0) is 28.7 Å². The Kier molecular flexibility index (Phi) is 4.29. The number of carbonyl (C=O) groups is 4. The molecule has 0 aromatic heterocycles. The third-order valence-corrected chi connectivity index (χ3v) is 11.8. The van der Waals surface area contributed by atoms with Crippen molar-refractivity contribution < 1.29 is 44.0 Å². The first kappa shape index (κ1) is 24.6. The van der Waals surface area contributed by atoms with Crippen LogP contribution in [0.15, 0.2) is 36.0 Å². The summed E-state index contributed by atoms with van der Waals surface area (Å²) in [6.45, 7) is 9.00. The number of fused-ring (bicyclic) bond motifs is 9. The maximum atomic E-state index is 14.6. The number of rotatable bonds is 0. The number of aliphatic hydroxyl groups is 3. The van der Waals surface area contributed by atoms with Gasteiger partial charge in [0.1, 0.15) is 11.4 Å². The minimum atomic E-state index is -2.66. The van der Waals surface area contributed by atoms with E-state index in [0.29, 0.717) is 5.57 Å². The van der Waals surface area contributed by atoms with Crippen LogP contribution in [-0.4, -0.2) is 67.3 Å². The lowest BCUT2D eigenvalue weighted by atomic mass is 9.43. The van der Waals surface area contributed by atoms with Crippen molar-refractivity contribution in [2.24, 2.45) is 34.5 Å². The third kappa shape index (κ3) is 2.18. The second-order valence-corrected chi connectivity index (χ2v) is 13.1. The predicted molar refractivity (Wildman–Crippen MR) is 129 cm³/mol. The fourth-order valence-electron chi connectivity index (χ4n) is 9.78. The molecule has 9 nitrogen and oxygen atoms in total. The molecule has 38 heavy (non-hydrogen) atoms. The van der Waals surface area contributed by atoms with E-state index in [0.717, 1.165) is 0 Å². The first-order chi connectivity index (χ1) is 17.6. The van der Waals surface area contributed by atoms with E-state index in [2.05, 4.69) is 6.58 Å². The number of allylic oxidation sites excluding steroid dienone is 4. The van der Waals surface area contributed by atoms with Gasteiger partial charge in [-0.3, -0.25) is 14.4 Å². The third-order valence-electron chi connectivity index (χ3n) is 11.8. The van der Waals surface area contributed by atoms with Crippen molar-refractivity contribution >= 4 is 23.3 Å². The van der Waals surface area contributed by atoms with Crippen LogP contribution in [0.5, 0.6) is 0 Å². The average molecular weight is 525 g/mol. The molecule has 0 unspecified atom stereocenters. The van der Waals surface area contributed by atoms with Gasteiger partial charge in [-0.25, -0.2) is 4.79 Å². The van der Waals surface area contributed by atoms with Gasteiger partial charge in [-0.15, -0.1) is 0 Å². The van der Waals surface area contributed by atoms with Gasteiger partial charge < -0.3 is 24.8 Å². The van der Waals surface area contributed by atoms with Crippen molar-refractivity contribution in [1.29, 1.82) is 0 Å². The van der Waals surface area contributed by atoms with Gasteiger partial charge in [0.25, 0.3) is 0 Å². The zero-order valence-corrected chi connectivity index (χ0v) is 21.7. The lowest BCUT2D eigenvalue weighted by Crippen LogP contribution is -2.75. The summed E-state index contributed by atoms with van der Waals surface area (Å²) < 4.78 is 12.4. The number of hydrogen-bond acceptors (Lipinski definition) is 9. The first-order valence-electron chi connectivity index (χ1n) is 13.4. The SMILES string of the molecule is C=C1C(=O)C[C@@H]2C[C@@]1(C)[C@@H]1C(=O)[C@]3(O)O[C@@]14[C@@](O)(CC[C@H]1[C@H]3[C@H](O)C=C3C=CCC(=O)[C@@]31C)C(=O)O[C@@]24C. The lowest BCUT2D eigenvalue weighted by molar-refractivity contribution is -0.338. The van der Waals surface area contributed by atoms with E-state index in [-0.39, 0.29) is 49.2 Å². The molecule has 2 saturated carbocycles. The molecule has 3 N–H and O–H groups in total. The summed E-state index contributed by atoms with van der Waals surface area (Å²) in [4.78, 5) is 54.8. The van der Waals surface area contributed by atoms with Crippen LogP contribution in [0.4, 0.5) is 0 Å². The van der Waals surface area contributed by atoms with E-state index >= 15 is 0 Å². The Balaban J connectivity index is 1.53. The van der Waals surface area contributed by atoms with Crippen molar-refractivity contribution in [3.63, 3.8) is 0 Å². The Hall–Kier alpha value is -2.46. The van der Waals surface area contributed by atoms with Crippen molar-refractivity contribution in [3.8, 4) is 0 Å². The van der Waals surface area contributed by atoms with Gasteiger partial charge in [-0.05, 0) is 50.2 Å². The smallest absolute Gasteiger partial charge is 0.342 e. The molecule has 3 aliphatic heterocycles. The predicted octanol–water partition coefficient (Wildman–Crippen LogP) is 1.09. The zero-order chi connectivity index (χ0) is 27.4. The van der Waals surface area contributed by atoms with Crippen LogP contribution in [0.2, 0.25) is 0 Å². The number of carbonyl (C=O) groups excluding carboxylic acids is 4. The summed E-state index contributed by atoms with van der Waals surface area (Å²) in [6.07, 6.45) is 3.86. The molecule has 0 amide bonds. The van der Waals surface area contributed by atoms with E-state index in [1.807, 2.05) is 0 Å². The molecule has 4 bridgehead atoms. The van der Waals surface area contributed by atoms with E-state index < -0.39 is 74.9 Å². The van der Waals surface area contributed by atoms with Gasteiger partial charge in [0.2, 0.25) is 5.79 Å². The summed E-state index contributed by atoms with van der Waals surface area (Å²) in [5.74, 6) is -8.89. The van der Waals surface area contributed by atoms with Gasteiger partial charge in [0.05, 0.1) is 23.4 Å². The van der Waals surface area contributed by atoms with Crippen molar-refractivity contribution in [2.75, 3.05) is 0 Å². The number of ketones is 3. The summed E-state index contributed by atoms with van der Waals surface area (Å²) in [5, 5.41) is 36.1. The van der Waals surface area contributed by atoms with E-state index in [4.69, 9.17) is 9.47 Å². The highest BCUT2D eigenvalue weighted by atomic mass is 16.7. The van der Waals surface area contributed by atoms with Gasteiger partial charge in [0.15, 0.2) is 22.8 Å². The van der Waals surface area contributed by atoms with Crippen LogP contribution < -0.4 is 0 Å². The molecule has 202 valence electrons. The van der Waals surface area contributed by atoms with Crippen LogP contribution in [0.1, 0.15) is 52.9 Å². The molecule has 0 radical (unpaired) electrons. The molecular weight excluding hydrogens is 492 g/mol. The number of esters is 1. The zero-order valence-electron chi connectivity index (χ0n) is 21.7. The summed E-state index contributed by atoms with van der Waals surface area (Å²) >= 11 is 0. The standard InChI is InChI=1S/C29H32O9/c1-13-17(30)11-15-12-24(13,2)21-22(33)28(36)20-16(25(3)14(10-18(20)31)6-5-7-19(25)32)8-9-27(35)23(34)37-26(15,4)29(21,27)38-28/h5-6,10,15-16,18,20-21,31,35-36H,1,7-9,11-12H2,2-4H3/t15-,16+,18-,20+,21+,24-,25+,26+,27-,28-,29+/m1/s1. The Morgan fingerprint density at radius 1 is 1.11 bits per heavy atom. The Bertz CT molecular complexity index is 1340. The maximum Gasteiger partial charge on any atom is 0.342 e. The van der Waals surface area contributed by atoms with E-state index in [9.17, 15) is 34.5 Å². The topological polar surface area (TPSA) is 147 Å². The summed E-state index contributed by atoms with van der Waals surface area (Å²) in [5.41, 5.74) is -7.61. The minimum Gasteiger partial charge on any atom is -0.454 e. The molecule has 7 rings (SSSR count). The largest absolute Gasteiger partial charge is 0.454 e. The van der Waals surface area contributed by atoms with E-state index in [1.165, 1.54) is 6.08 Å². The highest BCUT2D eigenvalue weighted by molar-refractivity contribution is 6.03. The van der Waals surface area contributed by atoms with Crippen molar-refractivity contribution in [3.05, 3.63) is 36.0 Å². The lowest BCUT2D eigenvalue weighted by Gasteiger charge is -2.61. The molecule has 1 spiro atoms. The molecule has 9 heteroatoms. The number of ether oxygens (including phenoxy) is 2. The number of aliphatic hydroxyl groups excluding tert-OH is 1. The summed E-state index contributed by atoms with van der Waals surface area (Å²) in [7, 11) is 0. The second kappa shape index (κ2) is 6.63. The molecule has 3 saturated heterocycles. The quantitative estimate of drug-likeness (QED) is 0.313. The van der Waals surface area contributed by atoms with Gasteiger partial charge >= 0.3 is 5.97 Å². The first-order valence-corrected chi connectivity index (χ1v) is 13.4. The molecule has 0 aromatic carbocycles. The highest BCUT2D eigenvalue weighted by Crippen LogP contribution is 2.74. The van der Waals surface area contributed by atoms with Crippen molar-refractivity contribution in [2.45, 2.75) is 81.6 Å². The molecule has 5 fully saturated rings. The molecule has 0 aromatic rings. The maximum absolute atomic E-state index is 14.6. The van der Waals surface area contributed by atoms with Crippen LogP contribution >= 0.6 is 0 Å². The number of hydrogen-bond donors (Lipinski definition) is 3. The number of Topliss-reactive ketones (excluding diaryl/α,β-unsaturated/α-hetero) is 3. The Morgan fingerprint density at radius 3 is 2.53 bits per heavy atom. The fraction of sp³-hybridized carbons (Fsp3) is 0.655. The summed E-state index contributed by atoms with van der Waals surface area (Å²) in [6, 6.07) is 0. The minimum absolute atomic E-state index is 0.00157. The fourth-order valence-corrected chi connectivity index (χ4v) is 9.78. The molecule has 11 atom stereocenters. The Labute approximate surface area is 219 Å². The van der Waals surface area contributed by atoms with Crippen LogP contribution in [0, 0.1) is 34.5 Å². The monoisotopic (exact) mass is 524 g/mol. The Morgan fingerprint density at radius 2 is 1.82 bits per heavy atom. The molecule has 4 aliphatic carbocycles. The molecule has 3 heterocycles. The van der Waals surface area contributed by atoms with Gasteiger partial charge in [0, 0.05) is 24.2 Å². The normalized spacial score (nSPS) is 56.4. The molecule has 7 aliphatic rings. The van der Waals surface area contributed by atoms with Gasteiger partial charge in [-0.1, -0.05) is 31.7 Å².